The number of carbonyl (C=O) groups is 1. The summed E-state index contributed by atoms with van der Waals surface area (Å²) in [5.74, 6) is -0.0471. The molecule has 0 aliphatic heterocycles. The predicted octanol–water partition coefficient (Wildman–Crippen LogP) is 5.56. The molecule has 0 saturated carbocycles. The van der Waals surface area contributed by atoms with Crippen LogP contribution in [-0.4, -0.2) is 15.5 Å². The number of hydrogen-bond donors (Lipinski definition) is 1. The van der Waals surface area contributed by atoms with Crippen molar-refractivity contribution >= 4 is 44.1 Å². The number of benzene rings is 3. The molecule has 0 aliphatic rings. The van der Waals surface area contributed by atoms with Crippen LogP contribution in [0.2, 0.25) is 0 Å². The number of carbonyl (C=O) groups excluding carboxylic acids is 1. The molecule has 3 aromatic carbocycles. The van der Waals surface area contributed by atoms with Gasteiger partial charge < -0.3 is 9.88 Å². The van der Waals surface area contributed by atoms with Gasteiger partial charge in [0.15, 0.2) is 0 Å². The Balaban J connectivity index is 1.31. The molecule has 0 saturated heterocycles. The minimum Gasteiger partial charge on any atom is -0.338 e. The van der Waals surface area contributed by atoms with Gasteiger partial charge in [-0.25, -0.2) is 4.98 Å². The Labute approximate surface area is 166 Å². The van der Waals surface area contributed by atoms with Crippen LogP contribution >= 0.6 is 11.3 Å². The van der Waals surface area contributed by atoms with E-state index in [9.17, 15) is 4.79 Å². The first kappa shape index (κ1) is 16.7. The maximum atomic E-state index is 12.5. The average molecular weight is 383 g/mol. The van der Waals surface area contributed by atoms with E-state index in [-0.39, 0.29) is 12.5 Å². The molecule has 4 nitrogen and oxygen atoms in total. The van der Waals surface area contributed by atoms with Crippen molar-refractivity contribution in [3.8, 4) is 10.6 Å². The van der Waals surface area contributed by atoms with Crippen LogP contribution in [0.15, 0.2) is 85.1 Å². The maximum Gasteiger partial charge on any atom is 0.244 e. The third-order valence-electron chi connectivity index (χ3n) is 4.70. The fourth-order valence-electron chi connectivity index (χ4n) is 3.33. The van der Waals surface area contributed by atoms with E-state index >= 15 is 0 Å². The summed E-state index contributed by atoms with van der Waals surface area (Å²) in [5.41, 5.74) is 3.91. The quantitative estimate of drug-likeness (QED) is 0.442. The number of amides is 1. The monoisotopic (exact) mass is 383 g/mol. The normalized spacial score (nSPS) is 11.1. The van der Waals surface area contributed by atoms with E-state index in [1.54, 1.807) is 11.3 Å². The average Bonchev–Trinajstić information content (AvgIpc) is 3.33. The van der Waals surface area contributed by atoms with Crippen molar-refractivity contribution in [3.63, 3.8) is 0 Å². The highest BCUT2D eigenvalue weighted by atomic mass is 32.1. The Morgan fingerprint density at radius 2 is 1.71 bits per heavy atom. The molecule has 136 valence electrons. The lowest BCUT2D eigenvalue weighted by Crippen LogP contribution is -2.18. The van der Waals surface area contributed by atoms with Gasteiger partial charge in [0.25, 0.3) is 0 Å². The second-order valence-electron chi connectivity index (χ2n) is 6.61. The molecule has 5 aromatic rings. The van der Waals surface area contributed by atoms with Gasteiger partial charge in [0.1, 0.15) is 11.6 Å². The van der Waals surface area contributed by atoms with Crippen molar-refractivity contribution in [2.24, 2.45) is 0 Å². The van der Waals surface area contributed by atoms with E-state index in [0.717, 1.165) is 32.7 Å². The van der Waals surface area contributed by atoms with Gasteiger partial charge in [-0.2, -0.15) is 0 Å². The Bertz CT molecular complexity index is 1250. The number of fused-ring (bicyclic) bond motifs is 2. The van der Waals surface area contributed by atoms with Gasteiger partial charge in [0.2, 0.25) is 5.91 Å². The molecule has 5 rings (SSSR count). The molecule has 0 aliphatic carbocycles. The second-order valence-corrected chi connectivity index (χ2v) is 7.65. The molecule has 0 spiro atoms. The van der Waals surface area contributed by atoms with Crippen molar-refractivity contribution in [2.75, 3.05) is 5.32 Å². The standard InChI is InChI=1S/C23H17N3OS/c27-22(15-26-14-13-16-5-1-3-7-20(16)26)24-18-11-9-17(10-12-18)23-25-19-6-2-4-8-21(19)28-23/h1-14H,15H2,(H,24,27). The predicted molar refractivity (Wildman–Crippen MR) is 116 cm³/mol. The summed E-state index contributed by atoms with van der Waals surface area (Å²) in [5, 5.41) is 5.09. The van der Waals surface area contributed by atoms with Gasteiger partial charge in [-0.1, -0.05) is 30.3 Å². The Hall–Kier alpha value is -3.44. The zero-order valence-corrected chi connectivity index (χ0v) is 15.8. The Morgan fingerprint density at radius 3 is 2.57 bits per heavy atom. The minimum absolute atomic E-state index is 0.0471. The van der Waals surface area contributed by atoms with Gasteiger partial charge in [-0.15, -0.1) is 11.3 Å². The van der Waals surface area contributed by atoms with Gasteiger partial charge >= 0.3 is 0 Å². The number of rotatable bonds is 4. The maximum absolute atomic E-state index is 12.5. The van der Waals surface area contributed by atoms with Crippen LogP contribution < -0.4 is 5.32 Å². The van der Waals surface area contributed by atoms with Gasteiger partial charge in [0.05, 0.1) is 10.2 Å². The SMILES string of the molecule is O=C(Cn1ccc2ccccc21)Nc1ccc(-c2nc3ccccc3s2)cc1. The first-order valence-electron chi connectivity index (χ1n) is 9.06. The molecule has 0 atom stereocenters. The molecular formula is C23H17N3OS. The van der Waals surface area contributed by atoms with E-state index in [4.69, 9.17) is 0 Å². The zero-order chi connectivity index (χ0) is 18.9. The third-order valence-corrected chi connectivity index (χ3v) is 5.79. The van der Waals surface area contributed by atoms with Crippen LogP contribution in [0.4, 0.5) is 5.69 Å². The van der Waals surface area contributed by atoms with E-state index in [2.05, 4.69) is 16.4 Å². The fourth-order valence-corrected chi connectivity index (χ4v) is 4.30. The molecule has 0 unspecified atom stereocenters. The molecule has 1 amide bonds. The van der Waals surface area contributed by atoms with Crippen LogP contribution in [0.25, 0.3) is 31.7 Å². The molecule has 0 fully saturated rings. The van der Waals surface area contributed by atoms with Gasteiger partial charge in [-0.3, -0.25) is 4.79 Å². The zero-order valence-electron chi connectivity index (χ0n) is 15.0. The topological polar surface area (TPSA) is 46.9 Å². The molecule has 2 heterocycles. The van der Waals surface area contributed by atoms with Crippen LogP contribution in [0, 0.1) is 0 Å². The van der Waals surface area contributed by atoms with Crippen LogP contribution in [0.1, 0.15) is 0 Å². The summed E-state index contributed by atoms with van der Waals surface area (Å²) in [6, 6.07) is 26.0. The van der Waals surface area contributed by atoms with Crippen molar-refractivity contribution < 1.29 is 4.79 Å². The summed E-state index contributed by atoms with van der Waals surface area (Å²) in [7, 11) is 0. The van der Waals surface area contributed by atoms with Crippen LogP contribution in [0.3, 0.4) is 0 Å². The molecule has 5 heteroatoms. The number of nitrogens with zero attached hydrogens (tertiary/aromatic N) is 2. The summed E-state index contributed by atoms with van der Waals surface area (Å²) in [4.78, 5) is 17.1. The lowest BCUT2D eigenvalue weighted by molar-refractivity contribution is -0.116. The van der Waals surface area contributed by atoms with E-state index in [0.29, 0.717) is 0 Å². The summed E-state index contributed by atoms with van der Waals surface area (Å²) >= 11 is 1.67. The highest BCUT2D eigenvalue weighted by Crippen LogP contribution is 2.30. The lowest BCUT2D eigenvalue weighted by Gasteiger charge is -2.08. The minimum atomic E-state index is -0.0471. The van der Waals surface area contributed by atoms with E-state index < -0.39 is 0 Å². The first-order chi connectivity index (χ1) is 13.8. The Morgan fingerprint density at radius 1 is 0.929 bits per heavy atom. The largest absolute Gasteiger partial charge is 0.338 e. The number of thiazole rings is 1. The van der Waals surface area contributed by atoms with Crippen molar-refractivity contribution in [1.82, 2.24) is 9.55 Å². The lowest BCUT2D eigenvalue weighted by atomic mass is 10.2. The Kier molecular flexibility index (Phi) is 4.14. The van der Waals surface area contributed by atoms with Gasteiger partial charge in [0, 0.05) is 23.0 Å². The number of hydrogen-bond acceptors (Lipinski definition) is 3. The van der Waals surface area contributed by atoms with Crippen LogP contribution in [-0.2, 0) is 11.3 Å². The fraction of sp³-hybridized carbons (Fsp3) is 0.0435. The number of aromatic nitrogens is 2. The van der Waals surface area contributed by atoms with Crippen LogP contribution in [0.5, 0.6) is 0 Å². The number of para-hydroxylation sites is 2. The van der Waals surface area contributed by atoms with E-state index in [1.165, 1.54) is 4.70 Å². The van der Waals surface area contributed by atoms with Crippen molar-refractivity contribution in [2.45, 2.75) is 6.54 Å². The third kappa shape index (κ3) is 3.17. The summed E-state index contributed by atoms with van der Waals surface area (Å²) in [6.45, 7) is 0.285. The molecule has 28 heavy (non-hydrogen) atoms. The molecule has 2 aromatic heterocycles. The molecule has 0 radical (unpaired) electrons. The van der Waals surface area contributed by atoms with Crippen molar-refractivity contribution in [1.29, 1.82) is 0 Å². The van der Waals surface area contributed by atoms with E-state index in [1.807, 2.05) is 83.6 Å². The summed E-state index contributed by atoms with van der Waals surface area (Å²) < 4.78 is 3.13. The first-order valence-corrected chi connectivity index (χ1v) is 9.88. The number of nitrogens with one attached hydrogen (secondary N) is 1. The molecular weight excluding hydrogens is 366 g/mol. The van der Waals surface area contributed by atoms with Gasteiger partial charge in [-0.05, 0) is 53.9 Å². The highest BCUT2D eigenvalue weighted by Gasteiger charge is 2.08. The molecule has 0 bridgehead atoms. The number of anilines is 1. The van der Waals surface area contributed by atoms with Crippen molar-refractivity contribution in [3.05, 3.63) is 85.1 Å². The second kappa shape index (κ2) is 6.94. The molecule has 1 N–H and O–H groups in total. The highest BCUT2D eigenvalue weighted by molar-refractivity contribution is 7.21. The summed E-state index contributed by atoms with van der Waals surface area (Å²) in [6.07, 6.45) is 1.94. The smallest absolute Gasteiger partial charge is 0.244 e.